The standard InChI is InChI=1S/C18H28N2O3/c1-18(17(21)23-3,14-20-11-5-4-6-12-20)19-13-15-7-9-16(22-2)10-8-15/h7-10,19H,4-6,11-14H2,1-3H3/t18-/m1/s1. The Morgan fingerprint density at radius 3 is 2.39 bits per heavy atom. The highest BCUT2D eigenvalue weighted by Crippen LogP contribution is 2.17. The molecule has 1 aromatic carbocycles. The Labute approximate surface area is 139 Å². The first kappa shape index (κ1) is 17.8. The lowest BCUT2D eigenvalue weighted by Crippen LogP contribution is -2.57. The molecule has 0 aliphatic carbocycles. The maximum absolute atomic E-state index is 12.3. The lowest BCUT2D eigenvalue weighted by molar-refractivity contribution is -0.149. The smallest absolute Gasteiger partial charge is 0.327 e. The number of likely N-dealkylation sites (tertiary alicyclic amines) is 1. The molecule has 1 fully saturated rings. The van der Waals surface area contributed by atoms with Crippen molar-refractivity contribution in [3.63, 3.8) is 0 Å². The zero-order valence-corrected chi connectivity index (χ0v) is 14.4. The minimum Gasteiger partial charge on any atom is -0.497 e. The number of hydrogen-bond acceptors (Lipinski definition) is 5. The third-order valence-electron chi connectivity index (χ3n) is 4.47. The molecule has 0 bridgehead atoms. The molecule has 5 nitrogen and oxygen atoms in total. The van der Waals surface area contributed by atoms with Crippen LogP contribution in [0.2, 0.25) is 0 Å². The number of nitrogens with one attached hydrogen (secondary N) is 1. The predicted molar refractivity (Wildman–Crippen MR) is 90.5 cm³/mol. The molecule has 0 aromatic heterocycles. The van der Waals surface area contributed by atoms with E-state index in [-0.39, 0.29) is 5.97 Å². The normalized spacial score (nSPS) is 18.2. The number of carbonyl (C=O) groups is 1. The average molecular weight is 320 g/mol. The molecule has 1 atom stereocenters. The topological polar surface area (TPSA) is 50.8 Å². The summed E-state index contributed by atoms with van der Waals surface area (Å²) in [6.07, 6.45) is 3.69. The maximum Gasteiger partial charge on any atom is 0.327 e. The first-order chi connectivity index (χ1) is 11.1. The summed E-state index contributed by atoms with van der Waals surface area (Å²) in [6.45, 7) is 5.32. The van der Waals surface area contributed by atoms with Gasteiger partial charge in [-0.3, -0.25) is 10.1 Å². The summed E-state index contributed by atoms with van der Waals surface area (Å²) in [5.74, 6) is 0.620. The molecule has 1 saturated heterocycles. The van der Waals surface area contributed by atoms with Crippen molar-refractivity contribution in [2.45, 2.75) is 38.3 Å². The average Bonchev–Trinajstić information content (AvgIpc) is 2.60. The van der Waals surface area contributed by atoms with Crippen LogP contribution in [-0.2, 0) is 16.1 Å². The molecule has 128 valence electrons. The molecule has 1 aliphatic rings. The van der Waals surface area contributed by atoms with Crippen LogP contribution in [0.25, 0.3) is 0 Å². The van der Waals surface area contributed by atoms with Gasteiger partial charge in [0.25, 0.3) is 0 Å². The van der Waals surface area contributed by atoms with Gasteiger partial charge >= 0.3 is 5.97 Å². The molecule has 1 N–H and O–H groups in total. The van der Waals surface area contributed by atoms with Crippen LogP contribution < -0.4 is 10.1 Å². The Balaban J connectivity index is 2.00. The first-order valence-corrected chi connectivity index (χ1v) is 8.26. The third-order valence-corrected chi connectivity index (χ3v) is 4.47. The minimum atomic E-state index is -0.702. The molecule has 0 unspecified atom stereocenters. The Kier molecular flexibility index (Phi) is 6.42. The Bertz CT molecular complexity index is 497. The highest BCUT2D eigenvalue weighted by atomic mass is 16.5. The summed E-state index contributed by atoms with van der Waals surface area (Å²) in [7, 11) is 3.10. The molecule has 0 saturated carbocycles. The van der Waals surface area contributed by atoms with Gasteiger partial charge in [-0.25, -0.2) is 0 Å². The van der Waals surface area contributed by atoms with Gasteiger partial charge in [-0.15, -0.1) is 0 Å². The summed E-state index contributed by atoms with van der Waals surface area (Å²) >= 11 is 0. The molecule has 1 aromatic rings. The minimum absolute atomic E-state index is 0.211. The quantitative estimate of drug-likeness (QED) is 0.781. The van der Waals surface area contributed by atoms with Crippen LogP contribution in [0.1, 0.15) is 31.7 Å². The van der Waals surface area contributed by atoms with Crippen LogP contribution in [0.5, 0.6) is 5.75 Å². The fraction of sp³-hybridized carbons (Fsp3) is 0.611. The number of methoxy groups -OCH3 is 2. The summed E-state index contributed by atoms with van der Waals surface area (Å²) in [5, 5.41) is 3.39. The van der Waals surface area contributed by atoms with Crippen LogP contribution in [0.4, 0.5) is 0 Å². The van der Waals surface area contributed by atoms with E-state index in [0.29, 0.717) is 13.1 Å². The van der Waals surface area contributed by atoms with E-state index in [9.17, 15) is 4.79 Å². The number of hydrogen-bond donors (Lipinski definition) is 1. The number of rotatable bonds is 7. The van der Waals surface area contributed by atoms with Gasteiger partial charge in [-0.1, -0.05) is 18.6 Å². The van der Waals surface area contributed by atoms with Crippen molar-refractivity contribution in [2.75, 3.05) is 33.9 Å². The molecule has 2 rings (SSSR count). The highest BCUT2D eigenvalue weighted by molar-refractivity contribution is 5.80. The lowest BCUT2D eigenvalue weighted by Gasteiger charge is -2.36. The summed E-state index contributed by atoms with van der Waals surface area (Å²) < 4.78 is 10.2. The van der Waals surface area contributed by atoms with E-state index in [4.69, 9.17) is 9.47 Å². The number of piperidine rings is 1. The lowest BCUT2D eigenvalue weighted by atomic mass is 9.99. The second-order valence-corrected chi connectivity index (χ2v) is 6.36. The van der Waals surface area contributed by atoms with E-state index in [0.717, 1.165) is 24.4 Å². The number of nitrogens with zero attached hydrogens (tertiary/aromatic N) is 1. The maximum atomic E-state index is 12.3. The van der Waals surface area contributed by atoms with Gasteiger partial charge in [0.15, 0.2) is 0 Å². The van der Waals surface area contributed by atoms with E-state index in [1.165, 1.54) is 26.4 Å². The SMILES string of the molecule is COC(=O)[C@@](C)(CN1CCCCC1)NCc1ccc(OC)cc1. The molecular weight excluding hydrogens is 292 g/mol. The van der Waals surface area contributed by atoms with Crippen molar-refractivity contribution < 1.29 is 14.3 Å². The molecule has 5 heteroatoms. The second-order valence-electron chi connectivity index (χ2n) is 6.36. The van der Waals surface area contributed by atoms with Crippen LogP contribution in [0, 0.1) is 0 Å². The Morgan fingerprint density at radius 2 is 1.83 bits per heavy atom. The zero-order chi connectivity index (χ0) is 16.7. The van der Waals surface area contributed by atoms with Crippen LogP contribution >= 0.6 is 0 Å². The fourth-order valence-electron chi connectivity index (χ4n) is 3.02. The van der Waals surface area contributed by atoms with Crippen molar-refractivity contribution in [2.24, 2.45) is 0 Å². The van der Waals surface area contributed by atoms with E-state index < -0.39 is 5.54 Å². The number of ether oxygens (including phenoxy) is 2. The van der Waals surface area contributed by atoms with Gasteiger partial charge in [-0.05, 0) is 50.6 Å². The van der Waals surface area contributed by atoms with E-state index in [1.54, 1.807) is 7.11 Å². The molecule has 0 radical (unpaired) electrons. The first-order valence-electron chi connectivity index (χ1n) is 8.26. The van der Waals surface area contributed by atoms with Gasteiger partial charge in [-0.2, -0.15) is 0 Å². The summed E-state index contributed by atoms with van der Waals surface area (Å²) in [5.41, 5.74) is 0.408. The fourth-order valence-corrected chi connectivity index (χ4v) is 3.02. The van der Waals surface area contributed by atoms with Gasteiger partial charge in [0, 0.05) is 13.1 Å². The molecule has 1 heterocycles. The van der Waals surface area contributed by atoms with Gasteiger partial charge < -0.3 is 14.4 Å². The van der Waals surface area contributed by atoms with Crippen LogP contribution in [-0.4, -0.2) is 50.3 Å². The van der Waals surface area contributed by atoms with Gasteiger partial charge in [0.2, 0.25) is 0 Å². The van der Waals surface area contributed by atoms with Crippen LogP contribution in [0.15, 0.2) is 24.3 Å². The zero-order valence-electron chi connectivity index (χ0n) is 14.4. The summed E-state index contributed by atoms with van der Waals surface area (Å²) in [6, 6.07) is 7.86. The largest absolute Gasteiger partial charge is 0.497 e. The molecule has 0 spiro atoms. The Morgan fingerprint density at radius 1 is 1.17 bits per heavy atom. The number of benzene rings is 1. The van der Waals surface area contributed by atoms with Crippen molar-refractivity contribution in [3.05, 3.63) is 29.8 Å². The molecule has 1 aliphatic heterocycles. The molecular formula is C18H28N2O3. The molecule has 23 heavy (non-hydrogen) atoms. The monoisotopic (exact) mass is 320 g/mol. The van der Waals surface area contributed by atoms with Gasteiger partial charge in [0.05, 0.1) is 14.2 Å². The van der Waals surface area contributed by atoms with Crippen molar-refractivity contribution in [1.29, 1.82) is 0 Å². The number of carbonyl (C=O) groups excluding carboxylic acids is 1. The van der Waals surface area contributed by atoms with Crippen molar-refractivity contribution in [1.82, 2.24) is 10.2 Å². The van der Waals surface area contributed by atoms with E-state index >= 15 is 0 Å². The Hall–Kier alpha value is -1.59. The van der Waals surface area contributed by atoms with Crippen molar-refractivity contribution in [3.8, 4) is 5.75 Å². The second kappa shape index (κ2) is 8.31. The highest BCUT2D eigenvalue weighted by Gasteiger charge is 2.36. The number of esters is 1. The summed E-state index contributed by atoms with van der Waals surface area (Å²) in [4.78, 5) is 14.6. The van der Waals surface area contributed by atoms with Crippen LogP contribution in [0.3, 0.4) is 0 Å². The van der Waals surface area contributed by atoms with Crippen molar-refractivity contribution >= 4 is 5.97 Å². The molecule has 0 amide bonds. The van der Waals surface area contributed by atoms with E-state index in [1.807, 2.05) is 31.2 Å². The van der Waals surface area contributed by atoms with Gasteiger partial charge in [0.1, 0.15) is 11.3 Å². The predicted octanol–water partition coefficient (Wildman–Crippen LogP) is 2.20. The third kappa shape index (κ3) is 4.94. The van der Waals surface area contributed by atoms with E-state index in [2.05, 4.69) is 10.2 Å².